The van der Waals surface area contributed by atoms with Crippen LogP contribution in [0, 0.1) is 6.92 Å². The molecule has 0 aliphatic carbocycles. The molecule has 124 valence electrons. The zero-order chi connectivity index (χ0) is 17.4. The van der Waals surface area contributed by atoms with Crippen molar-refractivity contribution < 1.29 is 4.79 Å². The monoisotopic (exact) mass is 351 g/mol. The topological polar surface area (TPSA) is 81.3 Å². The quantitative estimate of drug-likeness (QED) is 0.615. The lowest BCUT2D eigenvalue weighted by atomic mass is 10.2. The van der Waals surface area contributed by atoms with Gasteiger partial charge >= 0.3 is 0 Å². The summed E-state index contributed by atoms with van der Waals surface area (Å²) in [5.74, 6) is -0.361. The van der Waals surface area contributed by atoms with Crippen LogP contribution in [0.1, 0.15) is 16.1 Å². The minimum atomic E-state index is -0.361. The Morgan fingerprint density at radius 1 is 1.12 bits per heavy atom. The first-order valence-electron chi connectivity index (χ1n) is 7.51. The molecule has 7 nitrogen and oxygen atoms in total. The molecule has 0 saturated carbocycles. The minimum absolute atomic E-state index is 0.265. The second-order valence-corrected chi connectivity index (χ2v) is 6.32. The molecule has 1 N–H and O–H groups in total. The molecule has 0 aliphatic heterocycles. The van der Waals surface area contributed by atoms with Gasteiger partial charge in [0.2, 0.25) is 0 Å². The Labute approximate surface area is 146 Å². The Morgan fingerprint density at radius 2 is 1.92 bits per heavy atom. The van der Waals surface area contributed by atoms with Crippen molar-refractivity contribution >= 4 is 28.0 Å². The number of rotatable bonds is 3. The van der Waals surface area contributed by atoms with Gasteiger partial charge in [-0.1, -0.05) is 17.7 Å². The molecule has 0 aliphatic rings. The van der Waals surface area contributed by atoms with E-state index in [0.717, 1.165) is 5.56 Å². The highest BCUT2D eigenvalue weighted by molar-refractivity contribution is 7.13. The molecule has 3 aromatic heterocycles. The first kappa shape index (κ1) is 15.3. The Morgan fingerprint density at radius 3 is 2.64 bits per heavy atom. The summed E-state index contributed by atoms with van der Waals surface area (Å²) in [5, 5.41) is 5.01. The predicted octanol–water partition coefficient (Wildman–Crippen LogP) is 2.50. The number of thiazole rings is 1. The summed E-state index contributed by atoms with van der Waals surface area (Å²) in [7, 11) is 0. The van der Waals surface area contributed by atoms with Crippen LogP contribution in [0.3, 0.4) is 0 Å². The number of nitrogens with one attached hydrogen (secondary N) is 1. The second kappa shape index (κ2) is 5.99. The van der Waals surface area contributed by atoms with Gasteiger partial charge in [0.15, 0.2) is 10.8 Å². The van der Waals surface area contributed by atoms with Crippen LogP contribution in [-0.2, 0) is 0 Å². The van der Waals surface area contributed by atoms with Crippen molar-refractivity contribution in [3.8, 4) is 5.69 Å². The average molecular weight is 351 g/mol. The van der Waals surface area contributed by atoms with Gasteiger partial charge in [0, 0.05) is 29.9 Å². The third-order valence-electron chi connectivity index (χ3n) is 3.71. The van der Waals surface area contributed by atoms with Gasteiger partial charge in [0.1, 0.15) is 5.69 Å². The Kier molecular flexibility index (Phi) is 3.66. The lowest BCUT2D eigenvalue weighted by molar-refractivity contribution is 0.101. The molecule has 1 amide bonds. The van der Waals surface area contributed by atoms with Crippen LogP contribution in [0.4, 0.5) is 5.13 Å². The van der Waals surface area contributed by atoms with Gasteiger partial charge < -0.3 is 0 Å². The van der Waals surface area contributed by atoms with Gasteiger partial charge in [-0.15, -0.1) is 11.3 Å². The first-order chi connectivity index (χ1) is 12.1. The lowest BCUT2D eigenvalue weighted by Crippen LogP contribution is -2.23. The number of aryl methyl sites for hydroxylation is 1. The van der Waals surface area contributed by atoms with Crippen molar-refractivity contribution in [2.45, 2.75) is 6.92 Å². The van der Waals surface area contributed by atoms with E-state index in [1.165, 1.54) is 28.1 Å². The van der Waals surface area contributed by atoms with Crippen molar-refractivity contribution in [2.24, 2.45) is 0 Å². The molecule has 4 rings (SSSR count). The number of amides is 1. The molecule has 0 saturated heterocycles. The van der Waals surface area contributed by atoms with Gasteiger partial charge in [-0.25, -0.2) is 14.6 Å². The maximum absolute atomic E-state index is 12.7. The van der Waals surface area contributed by atoms with Crippen LogP contribution in [0.2, 0.25) is 0 Å². The number of aromatic nitrogens is 4. The van der Waals surface area contributed by atoms with Gasteiger partial charge in [-0.3, -0.25) is 14.9 Å². The molecule has 0 fully saturated rings. The van der Waals surface area contributed by atoms with Crippen LogP contribution >= 0.6 is 11.3 Å². The average Bonchev–Trinajstić information content (AvgIpc) is 3.23. The summed E-state index contributed by atoms with van der Waals surface area (Å²) in [6, 6.07) is 10.5. The summed E-state index contributed by atoms with van der Waals surface area (Å²) in [6.07, 6.45) is 3.04. The number of carbonyl (C=O) groups is 1. The maximum Gasteiger partial charge on any atom is 0.276 e. The van der Waals surface area contributed by atoms with E-state index in [1.54, 1.807) is 22.3 Å². The molecule has 1 aromatic carbocycles. The third-order valence-corrected chi connectivity index (χ3v) is 4.40. The van der Waals surface area contributed by atoms with Gasteiger partial charge in [0.05, 0.1) is 5.69 Å². The van der Waals surface area contributed by atoms with Gasteiger partial charge in [0.25, 0.3) is 11.5 Å². The SMILES string of the molecule is Cc1ccc(-n2c(C(=O)Nc3nccs3)cc3nccc(=O)n32)cc1. The maximum atomic E-state index is 12.7. The Bertz CT molecular complexity index is 1110. The molecule has 0 radical (unpaired) electrons. The van der Waals surface area contributed by atoms with Crippen LogP contribution in [0.5, 0.6) is 0 Å². The minimum Gasteiger partial charge on any atom is -0.296 e. The van der Waals surface area contributed by atoms with Crippen molar-refractivity contribution in [3.63, 3.8) is 0 Å². The molecule has 4 aromatic rings. The molecule has 0 spiro atoms. The Balaban J connectivity index is 1.93. The van der Waals surface area contributed by atoms with Gasteiger partial charge in [-0.05, 0) is 19.1 Å². The van der Waals surface area contributed by atoms with Crippen molar-refractivity contribution in [1.29, 1.82) is 0 Å². The fourth-order valence-electron chi connectivity index (χ4n) is 2.55. The van der Waals surface area contributed by atoms with E-state index in [1.807, 2.05) is 31.2 Å². The van der Waals surface area contributed by atoms with Crippen molar-refractivity contribution in [1.82, 2.24) is 19.2 Å². The van der Waals surface area contributed by atoms with Crippen LogP contribution < -0.4 is 10.9 Å². The first-order valence-corrected chi connectivity index (χ1v) is 8.39. The molecular weight excluding hydrogens is 338 g/mol. The van der Waals surface area contributed by atoms with Gasteiger partial charge in [-0.2, -0.15) is 4.52 Å². The number of anilines is 1. The van der Waals surface area contributed by atoms with E-state index >= 15 is 0 Å². The molecule has 0 unspecified atom stereocenters. The number of hydrogen-bond acceptors (Lipinski definition) is 5. The number of nitrogens with zero attached hydrogens (tertiary/aromatic N) is 4. The number of benzene rings is 1. The molecule has 25 heavy (non-hydrogen) atoms. The fourth-order valence-corrected chi connectivity index (χ4v) is 3.08. The van der Waals surface area contributed by atoms with Crippen molar-refractivity contribution in [2.75, 3.05) is 5.32 Å². The highest BCUT2D eigenvalue weighted by atomic mass is 32.1. The zero-order valence-corrected chi connectivity index (χ0v) is 14.0. The van der Waals surface area contributed by atoms with Crippen LogP contribution in [0.25, 0.3) is 11.3 Å². The highest BCUT2D eigenvalue weighted by Gasteiger charge is 2.19. The van der Waals surface area contributed by atoms with E-state index in [-0.39, 0.29) is 11.5 Å². The summed E-state index contributed by atoms with van der Waals surface area (Å²) in [5.41, 5.74) is 2.21. The summed E-state index contributed by atoms with van der Waals surface area (Å²) >= 11 is 1.32. The van der Waals surface area contributed by atoms with E-state index in [0.29, 0.717) is 22.2 Å². The summed E-state index contributed by atoms with van der Waals surface area (Å²) < 4.78 is 2.94. The fraction of sp³-hybridized carbons (Fsp3) is 0.0588. The summed E-state index contributed by atoms with van der Waals surface area (Å²) in [6.45, 7) is 1.97. The van der Waals surface area contributed by atoms with E-state index in [9.17, 15) is 9.59 Å². The lowest BCUT2D eigenvalue weighted by Gasteiger charge is -2.10. The number of carbonyl (C=O) groups excluding carboxylic acids is 1. The highest BCUT2D eigenvalue weighted by Crippen LogP contribution is 2.18. The van der Waals surface area contributed by atoms with Crippen molar-refractivity contribution in [3.05, 3.63) is 75.8 Å². The smallest absolute Gasteiger partial charge is 0.276 e. The Hall–Kier alpha value is -3.26. The molecule has 0 atom stereocenters. The normalized spacial score (nSPS) is 10.9. The number of fused-ring (bicyclic) bond motifs is 1. The predicted molar refractivity (Wildman–Crippen MR) is 95.6 cm³/mol. The van der Waals surface area contributed by atoms with Crippen LogP contribution in [0.15, 0.2) is 59.0 Å². The molecule has 0 bridgehead atoms. The molecular formula is C17H13N5O2S. The standard InChI is InChI=1S/C17H13N5O2S/c1-11-2-4-12(5-3-11)21-13(16(24)20-17-19-8-9-25-17)10-14-18-7-6-15(23)22(14)21/h2-10H,1H3,(H,19,20,24). The second-order valence-electron chi connectivity index (χ2n) is 5.42. The largest absolute Gasteiger partial charge is 0.296 e. The van der Waals surface area contributed by atoms with E-state index in [4.69, 9.17) is 0 Å². The zero-order valence-electron chi connectivity index (χ0n) is 13.2. The molecule has 3 heterocycles. The third kappa shape index (κ3) is 2.72. The van der Waals surface area contributed by atoms with Crippen LogP contribution in [-0.4, -0.2) is 25.1 Å². The van der Waals surface area contributed by atoms with E-state index < -0.39 is 0 Å². The molecule has 8 heteroatoms. The summed E-state index contributed by atoms with van der Waals surface area (Å²) in [4.78, 5) is 33.4. The number of hydrogen-bond donors (Lipinski definition) is 1. The van der Waals surface area contributed by atoms with E-state index in [2.05, 4.69) is 15.3 Å².